The number of hydrogen-bond donors (Lipinski definition) is 0. The Bertz CT molecular complexity index is 3200. The molecule has 71 heavy (non-hydrogen) atoms. The van der Waals surface area contributed by atoms with Crippen LogP contribution in [0.4, 0.5) is 13.2 Å². The third-order valence-electron chi connectivity index (χ3n) is 12.6. The topological polar surface area (TPSA) is 53.5 Å². The van der Waals surface area contributed by atoms with Crippen LogP contribution >= 0.6 is 0 Å². The van der Waals surface area contributed by atoms with Gasteiger partial charge in [0, 0.05) is 70.7 Å². The maximum absolute atomic E-state index is 13.8. The molecule has 0 amide bonds. The van der Waals surface area contributed by atoms with E-state index in [-0.39, 0.29) is 37.6 Å². The number of halogens is 3. The van der Waals surface area contributed by atoms with E-state index < -0.39 is 0 Å². The molecule has 0 aliphatic heterocycles. The molecular formula is C61H52F3IrN6. The Morgan fingerprint density at radius 1 is 0.423 bits per heavy atom. The summed E-state index contributed by atoms with van der Waals surface area (Å²) in [6.45, 7) is 12.5. The van der Waals surface area contributed by atoms with E-state index in [9.17, 15) is 13.2 Å². The maximum atomic E-state index is 13.8. The van der Waals surface area contributed by atoms with Crippen molar-refractivity contribution in [1.29, 1.82) is 0 Å². The molecule has 0 saturated carbocycles. The number of rotatable bonds is 12. The van der Waals surface area contributed by atoms with Gasteiger partial charge in [-0.25, -0.2) is 0 Å². The van der Waals surface area contributed by atoms with E-state index in [0.717, 1.165) is 111 Å². The van der Waals surface area contributed by atoms with Crippen molar-refractivity contribution in [2.24, 2.45) is 0 Å². The molecule has 0 aliphatic rings. The predicted octanol–water partition coefficient (Wildman–Crippen LogP) is 14.2. The second-order valence-corrected chi connectivity index (χ2v) is 17.8. The van der Waals surface area contributed by atoms with E-state index >= 15 is 0 Å². The van der Waals surface area contributed by atoms with E-state index in [1.165, 1.54) is 58.7 Å². The third kappa shape index (κ3) is 11.3. The molecule has 0 saturated heterocycles. The van der Waals surface area contributed by atoms with Crippen molar-refractivity contribution >= 4 is 0 Å². The first-order chi connectivity index (χ1) is 33.9. The van der Waals surface area contributed by atoms with Crippen LogP contribution in [0, 0.1) is 77.2 Å². The van der Waals surface area contributed by atoms with Gasteiger partial charge >= 0.3 is 20.1 Å². The fourth-order valence-electron chi connectivity index (χ4n) is 9.18. The van der Waals surface area contributed by atoms with Crippen LogP contribution in [-0.4, -0.2) is 28.7 Å². The minimum absolute atomic E-state index is 0. The second-order valence-electron chi connectivity index (χ2n) is 17.8. The van der Waals surface area contributed by atoms with Crippen molar-refractivity contribution in [2.75, 3.05) is 0 Å². The maximum Gasteiger partial charge on any atom is 3.00 e. The normalized spacial score (nSPS) is 11.0. The average Bonchev–Trinajstić information content (AvgIpc) is 4.11. The van der Waals surface area contributed by atoms with E-state index in [0.29, 0.717) is 0 Å². The molecule has 10 heteroatoms. The Balaban J connectivity index is 0.000000268. The molecule has 356 valence electrons. The molecule has 0 fully saturated rings. The smallest absolute Gasteiger partial charge is 0.340 e. The zero-order chi connectivity index (χ0) is 48.9. The quantitative estimate of drug-likeness (QED) is 0.115. The number of nitrogens with zero attached hydrogens (tertiary/aromatic N) is 6. The minimum atomic E-state index is -0.319. The Morgan fingerprint density at radius 3 is 1.14 bits per heavy atom. The van der Waals surface area contributed by atoms with Crippen LogP contribution in [0.3, 0.4) is 0 Å². The van der Waals surface area contributed by atoms with Crippen molar-refractivity contribution in [3.05, 3.63) is 250 Å². The number of benzene rings is 7. The summed E-state index contributed by atoms with van der Waals surface area (Å²) in [5.41, 5.74) is 16.9. The van der Waals surface area contributed by atoms with Crippen LogP contribution in [0.1, 0.15) is 55.9 Å². The second kappa shape index (κ2) is 22.1. The van der Waals surface area contributed by atoms with Crippen LogP contribution in [0.5, 0.6) is 0 Å². The number of aromatic nitrogens is 6. The van der Waals surface area contributed by atoms with Gasteiger partial charge in [0.15, 0.2) is 0 Å². The first kappa shape index (κ1) is 50.0. The van der Waals surface area contributed by atoms with Crippen molar-refractivity contribution in [2.45, 2.75) is 67.2 Å². The minimum Gasteiger partial charge on any atom is -0.340 e. The van der Waals surface area contributed by atoms with Gasteiger partial charge < -0.3 is 13.7 Å². The zero-order valence-electron chi connectivity index (χ0n) is 40.5. The summed E-state index contributed by atoms with van der Waals surface area (Å²) in [6, 6.07) is 50.0. The molecule has 3 aromatic heterocycles. The Kier molecular flexibility index (Phi) is 15.6. The fraction of sp³-hybridized carbons (Fsp3) is 0.164. The summed E-state index contributed by atoms with van der Waals surface area (Å²) in [4.78, 5) is 14.5. The standard InChI is InChI=1S/C44H38F2N4.C17H14FN2.Ir/c1-29-8-5-9-30(2)41(29)49-27-39(47-43(49)35-16-20-37(45)21-17-35)24-14-33-12-7-13-34(26-33)15-25-40-28-50(42-31(3)10-6-11-32(42)4)44(48-40)36-18-22-38(46)23-19-36;1-12-4-3-5-13(2)16(12)20-11-10-19-17(20)14-6-8-15(18)9-7-14;/h5-13,16,18,20-23,26-28H,14-15,24-25H2,1-4H3;3-6,8-11H,1-2H3;/q-2;-1;+3. The van der Waals surface area contributed by atoms with Crippen molar-refractivity contribution in [3.8, 4) is 51.2 Å². The summed E-state index contributed by atoms with van der Waals surface area (Å²) in [5.74, 6) is 1.34. The van der Waals surface area contributed by atoms with Gasteiger partial charge in [-0.2, -0.15) is 0 Å². The first-order valence-corrected chi connectivity index (χ1v) is 23.4. The molecule has 0 aliphatic carbocycles. The Labute approximate surface area is 427 Å². The summed E-state index contributed by atoms with van der Waals surface area (Å²) in [7, 11) is 0. The summed E-state index contributed by atoms with van der Waals surface area (Å²) in [6.07, 6.45) is 11.1. The number of hydrogen-bond acceptors (Lipinski definition) is 3. The van der Waals surface area contributed by atoms with Gasteiger partial charge in [0.2, 0.25) is 0 Å². The van der Waals surface area contributed by atoms with E-state index in [1.54, 1.807) is 24.4 Å². The van der Waals surface area contributed by atoms with Crippen LogP contribution in [0.2, 0.25) is 0 Å². The fourth-order valence-corrected chi connectivity index (χ4v) is 9.18. The van der Waals surface area contributed by atoms with Crippen LogP contribution in [0.15, 0.2) is 158 Å². The molecule has 0 atom stereocenters. The molecule has 0 unspecified atom stereocenters. The van der Waals surface area contributed by atoms with E-state index in [2.05, 4.69) is 159 Å². The molecule has 0 radical (unpaired) electrons. The largest absolute Gasteiger partial charge is 3.00 e. The monoisotopic (exact) mass is 1120 g/mol. The summed E-state index contributed by atoms with van der Waals surface area (Å²) < 4.78 is 46.8. The van der Waals surface area contributed by atoms with Crippen LogP contribution in [-0.2, 0) is 45.8 Å². The van der Waals surface area contributed by atoms with Crippen molar-refractivity contribution in [3.63, 3.8) is 0 Å². The van der Waals surface area contributed by atoms with E-state index in [1.807, 2.05) is 16.8 Å². The number of imidazole rings is 3. The SMILES string of the molecule is Cc1cccc(C)c1-n1cc(CCc2cccc(CCc3cn(-c4c(C)cccc4C)c(-c4[c-]cc(F)cc4)n3)c2)nc1-c1[c-]cc(F)cc1.Cc1cccc(C)c1-n1ccnc1-c1[c-]cc(F)cc1.[Ir+3]. The van der Waals surface area contributed by atoms with Crippen molar-refractivity contribution in [1.82, 2.24) is 28.7 Å². The van der Waals surface area contributed by atoms with Crippen LogP contribution in [0.25, 0.3) is 51.2 Å². The molecule has 6 nitrogen and oxygen atoms in total. The predicted molar refractivity (Wildman–Crippen MR) is 273 cm³/mol. The molecule has 0 spiro atoms. The van der Waals surface area contributed by atoms with E-state index in [4.69, 9.17) is 9.97 Å². The first-order valence-electron chi connectivity index (χ1n) is 23.4. The molecule has 10 aromatic rings. The Hall–Kier alpha value is -7.39. The molecule has 0 bridgehead atoms. The third-order valence-corrected chi connectivity index (χ3v) is 12.6. The zero-order valence-corrected chi connectivity index (χ0v) is 42.9. The Morgan fingerprint density at radius 2 is 0.775 bits per heavy atom. The van der Waals surface area contributed by atoms with Gasteiger partial charge in [0.25, 0.3) is 0 Å². The number of para-hydroxylation sites is 3. The molecule has 7 aromatic carbocycles. The van der Waals surface area contributed by atoms with Gasteiger partial charge in [-0.3, -0.25) is 28.1 Å². The van der Waals surface area contributed by atoms with Crippen LogP contribution < -0.4 is 0 Å². The van der Waals surface area contributed by atoms with Gasteiger partial charge in [-0.15, -0.1) is 89.5 Å². The molecule has 0 N–H and O–H groups in total. The molecule has 3 heterocycles. The molecular weight excluding hydrogens is 1070 g/mol. The average molecular weight is 1120 g/mol. The number of aryl methyl sites for hydroxylation is 10. The summed E-state index contributed by atoms with van der Waals surface area (Å²) in [5, 5.41) is 0. The molecule has 10 rings (SSSR count). The van der Waals surface area contributed by atoms with Gasteiger partial charge in [0.1, 0.15) is 0 Å². The van der Waals surface area contributed by atoms with Gasteiger partial charge in [-0.05, 0) is 112 Å². The van der Waals surface area contributed by atoms with Crippen molar-refractivity contribution < 1.29 is 33.3 Å². The van der Waals surface area contributed by atoms with Gasteiger partial charge in [0.05, 0.1) is 17.5 Å². The summed E-state index contributed by atoms with van der Waals surface area (Å²) >= 11 is 0. The van der Waals surface area contributed by atoms with Gasteiger partial charge in [-0.1, -0.05) is 78.9 Å².